The second kappa shape index (κ2) is 7.26. The third kappa shape index (κ3) is 3.51. The lowest BCUT2D eigenvalue weighted by Gasteiger charge is -2.12. The standard InChI is InChI=1S/C21H21N5O2/c1-12-4-5-16(23-11-12)17-6-7-22-21(26-17)24-15-8-13(2)19-14(9-15)10-18(25-19)20(27)28-3/h5-12,25H,4H2,1-3H3,(H,22,24,26). The molecule has 0 bridgehead atoms. The van der Waals surface area contributed by atoms with Gasteiger partial charge >= 0.3 is 5.97 Å². The highest BCUT2D eigenvalue weighted by Crippen LogP contribution is 2.27. The molecule has 0 saturated carbocycles. The van der Waals surface area contributed by atoms with Gasteiger partial charge < -0.3 is 15.0 Å². The molecule has 0 spiro atoms. The van der Waals surface area contributed by atoms with Gasteiger partial charge in [-0.25, -0.2) is 14.8 Å². The molecular formula is C21H21N5O2. The first-order valence-corrected chi connectivity index (χ1v) is 9.10. The predicted molar refractivity (Wildman–Crippen MR) is 110 cm³/mol. The fraction of sp³-hybridized carbons (Fsp3) is 0.238. The second-order valence-corrected chi connectivity index (χ2v) is 6.90. The molecule has 1 atom stereocenters. The number of methoxy groups -OCH3 is 1. The van der Waals surface area contributed by atoms with Crippen LogP contribution in [0.5, 0.6) is 0 Å². The highest BCUT2D eigenvalue weighted by atomic mass is 16.5. The van der Waals surface area contributed by atoms with Crippen molar-refractivity contribution in [3.05, 3.63) is 53.5 Å². The molecule has 142 valence electrons. The molecule has 0 saturated heterocycles. The van der Waals surface area contributed by atoms with Crippen LogP contribution in [-0.4, -0.2) is 34.2 Å². The number of nitrogens with zero attached hydrogens (tertiary/aromatic N) is 3. The average molecular weight is 375 g/mol. The Morgan fingerprint density at radius 1 is 1.32 bits per heavy atom. The number of H-pyrrole nitrogens is 1. The number of aromatic amines is 1. The molecule has 2 N–H and O–H groups in total. The SMILES string of the molecule is COC(=O)c1cc2cc(Nc3nccc(C4=CCC(C)C=N4)n3)cc(C)c2[nH]1. The molecule has 1 aliphatic rings. The van der Waals surface area contributed by atoms with Crippen LogP contribution >= 0.6 is 0 Å². The van der Waals surface area contributed by atoms with Crippen LogP contribution in [-0.2, 0) is 4.74 Å². The molecule has 0 fully saturated rings. The van der Waals surface area contributed by atoms with E-state index in [1.165, 1.54) is 7.11 Å². The highest BCUT2D eigenvalue weighted by molar-refractivity contribution is 5.97. The number of rotatable bonds is 4. The van der Waals surface area contributed by atoms with Gasteiger partial charge in [-0.1, -0.05) is 13.0 Å². The molecule has 0 radical (unpaired) electrons. The fourth-order valence-corrected chi connectivity index (χ4v) is 3.20. The average Bonchev–Trinajstić information content (AvgIpc) is 3.13. The lowest BCUT2D eigenvalue weighted by atomic mass is 10.1. The molecule has 1 aliphatic heterocycles. The van der Waals surface area contributed by atoms with Gasteiger partial charge in [0.2, 0.25) is 5.95 Å². The maximum absolute atomic E-state index is 11.8. The zero-order valence-corrected chi connectivity index (χ0v) is 16.0. The van der Waals surface area contributed by atoms with Gasteiger partial charge in [-0.15, -0.1) is 0 Å². The summed E-state index contributed by atoms with van der Waals surface area (Å²) in [5.41, 5.74) is 4.81. The number of anilines is 2. The lowest BCUT2D eigenvalue weighted by molar-refractivity contribution is 0.0595. The number of aryl methyl sites for hydroxylation is 1. The van der Waals surface area contributed by atoms with Crippen LogP contribution in [0.15, 0.2) is 41.5 Å². The van der Waals surface area contributed by atoms with Crippen LogP contribution in [0, 0.1) is 12.8 Å². The zero-order chi connectivity index (χ0) is 19.7. The maximum atomic E-state index is 11.8. The van der Waals surface area contributed by atoms with E-state index in [1.54, 1.807) is 12.3 Å². The number of esters is 1. The van der Waals surface area contributed by atoms with Gasteiger partial charge in [-0.3, -0.25) is 4.99 Å². The molecule has 3 heterocycles. The van der Waals surface area contributed by atoms with Crippen molar-refractivity contribution in [2.75, 3.05) is 12.4 Å². The van der Waals surface area contributed by atoms with E-state index in [-0.39, 0.29) is 0 Å². The fourth-order valence-electron chi connectivity index (χ4n) is 3.20. The number of ether oxygens (including phenoxy) is 1. The number of carbonyl (C=O) groups excluding carboxylic acids is 1. The summed E-state index contributed by atoms with van der Waals surface area (Å²) < 4.78 is 4.79. The van der Waals surface area contributed by atoms with Gasteiger partial charge in [0, 0.05) is 29.0 Å². The third-order valence-corrected chi connectivity index (χ3v) is 4.66. The van der Waals surface area contributed by atoms with Crippen molar-refractivity contribution in [2.24, 2.45) is 10.9 Å². The van der Waals surface area contributed by atoms with E-state index in [4.69, 9.17) is 4.74 Å². The minimum Gasteiger partial charge on any atom is -0.464 e. The van der Waals surface area contributed by atoms with Crippen molar-refractivity contribution in [2.45, 2.75) is 20.3 Å². The number of hydrogen-bond donors (Lipinski definition) is 2. The van der Waals surface area contributed by atoms with Crippen LogP contribution in [0.1, 0.15) is 35.1 Å². The molecule has 1 aromatic carbocycles. The minimum absolute atomic E-state index is 0.392. The smallest absolute Gasteiger partial charge is 0.354 e. The van der Waals surface area contributed by atoms with Crippen molar-refractivity contribution in [1.82, 2.24) is 15.0 Å². The van der Waals surface area contributed by atoms with E-state index in [9.17, 15) is 4.79 Å². The Balaban J connectivity index is 1.62. The van der Waals surface area contributed by atoms with Crippen LogP contribution in [0.3, 0.4) is 0 Å². The highest BCUT2D eigenvalue weighted by Gasteiger charge is 2.13. The summed E-state index contributed by atoms with van der Waals surface area (Å²) >= 11 is 0. The minimum atomic E-state index is -0.392. The number of aromatic nitrogens is 3. The predicted octanol–water partition coefficient (Wildman–Crippen LogP) is 4.25. The van der Waals surface area contributed by atoms with E-state index < -0.39 is 5.97 Å². The lowest BCUT2D eigenvalue weighted by Crippen LogP contribution is -2.03. The van der Waals surface area contributed by atoms with E-state index in [1.807, 2.05) is 31.3 Å². The first-order chi connectivity index (χ1) is 13.5. The number of hydrogen-bond acceptors (Lipinski definition) is 6. The number of allylic oxidation sites excluding steroid dienone is 1. The Hall–Kier alpha value is -3.48. The third-order valence-electron chi connectivity index (χ3n) is 4.66. The van der Waals surface area contributed by atoms with Crippen LogP contribution in [0.4, 0.5) is 11.6 Å². The Kier molecular flexibility index (Phi) is 4.65. The molecule has 4 rings (SSSR count). The summed E-state index contributed by atoms with van der Waals surface area (Å²) in [6.45, 7) is 4.11. The van der Waals surface area contributed by atoms with Crippen molar-refractivity contribution in [3.8, 4) is 0 Å². The van der Waals surface area contributed by atoms with Gasteiger partial charge in [0.1, 0.15) is 5.69 Å². The van der Waals surface area contributed by atoms with E-state index in [2.05, 4.69) is 38.3 Å². The molecule has 7 heteroatoms. The number of carbonyl (C=O) groups is 1. The summed E-state index contributed by atoms with van der Waals surface area (Å²) in [6.07, 6.45) is 6.72. The van der Waals surface area contributed by atoms with Crippen LogP contribution < -0.4 is 5.32 Å². The molecule has 1 unspecified atom stereocenters. The summed E-state index contributed by atoms with van der Waals surface area (Å²) in [6, 6.07) is 7.56. The normalized spacial score (nSPS) is 16.1. The summed E-state index contributed by atoms with van der Waals surface area (Å²) in [5.74, 6) is 0.556. The summed E-state index contributed by atoms with van der Waals surface area (Å²) in [4.78, 5) is 28.3. The molecule has 2 aromatic heterocycles. The molecule has 28 heavy (non-hydrogen) atoms. The van der Waals surface area contributed by atoms with Crippen LogP contribution in [0.25, 0.3) is 16.6 Å². The van der Waals surface area contributed by atoms with E-state index in [0.717, 1.165) is 40.0 Å². The number of aliphatic imine (C=N–C) groups is 1. The van der Waals surface area contributed by atoms with Gasteiger partial charge in [0.25, 0.3) is 0 Å². The van der Waals surface area contributed by atoms with Crippen molar-refractivity contribution >= 4 is 40.4 Å². The largest absolute Gasteiger partial charge is 0.464 e. The monoisotopic (exact) mass is 375 g/mol. The number of fused-ring (bicyclic) bond motifs is 1. The molecule has 0 aliphatic carbocycles. The summed E-state index contributed by atoms with van der Waals surface area (Å²) in [5, 5.41) is 4.16. The summed E-state index contributed by atoms with van der Waals surface area (Å²) in [7, 11) is 1.37. The number of nitrogens with one attached hydrogen (secondary N) is 2. The Morgan fingerprint density at radius 3 is 2.93 bits per heavy atom. The molecule has 3 aromatic rings. The Labute approximate surface area is 162 Å². The topological polar surface area (TPSA) is 92.3 Å². The quantitative estimate of drug-likeness (QED) is 0.665. The molecule has 0 amide bonds. The first kappa shape index (κ1) is 17.9. The number of benzene rings is 1. The van der Waals surface area contributed by atoms with Gasteiger partial charge in [-0.05, 0) is 49.1 Å². The maximum Gasteiger partial charge on any atom is 0.354 e. The van der Waals surface area contributed by atoms with Crippen molar-refractivity contribution < 1.29 is 9.53 Å². The van der Waals surface area contributed by atoms with Crippen molar-refractivity contribution in [3.63, 3.8) is 0 Å². The van der Waals surface area contributed by atoms with Gasteiger partial charge in [-0.2, -0.15) is 0 Å². The van der Waals surface area contributed by atoms with E-state index in [0.29, 0.717) is 17.6 Å². The molecular weight excluding hydrogens is 354 g/mol. The Morgan fingerprint density at radius 2 is 2.18 bits per heavy atom. The second-order valence-electron chi connectivity index (χ2n) is 6.90. The van der Waals surface area contributed by atoms with Gasteiger partial charge in [0.15, 0.2) is 0 Å². The van der Waals surface area contributed by atoms with Crippen LogP contribution in [0.2, 0.25) is 0 Å². The first-order valence-electron chi connectivity index (χ1n) is 9.10. The van der Waals surface area contributed by atoms with Gasteiger partial charge in [0.05, 0.1) is 18.5 Å². The van der Waals surface area contributed by atoms with Crippen molar-refractivity contribution in [1.29, 1.82) is 0 Å². The molecule has 7 nitrogen and oxygen atoms in total. The zero-order valence-electron chi connectivity index (χ0n) is 16.0. The Bertz CT molecular complexity index is 1110. The van der Waals surface area contributed by atoms with E-state index >= 15 is 0 Å².